The van der Waals surface area contributed by atoms with Crippen LogP contribution in [-0.4, -0.2) is 6.04 Å². The fourth-order valence-electron chi connectivity index (χ4n) is 2.47. The molecule has 1 aliphatic heterocycles. The zero-order valence-electron chi connectivity index (χ0n) is 9.65. The highest BCUT2D eigenvalue weighted by molar-refractivity contribution is 5.33. The summed E-state index contributed by atoms with van der Waals surface area (Å²) in [6, 6.07) is 9.65. The molecule has 0 spiro atoms. The van der Waals surface area contributed by atoms with Crippen molar-refractivity contribution >= 4 is 0 Å². The van der Waals surface area contributed by atoms with Gasteiger partial charge in [-0.1, -0.05) is 36.4 Å². The lowest BCUT2D eigenvalue weighted by Crippen LogP contribution is -2.38. The summed E-state index contributed by atoms with van der Waals surface area (Å²) in [6.45, 7) is 7.66. The van der Waals surface area contributed by atoms with Crippen LogP contribution in [0.4, 0.5) is 0 Å². The fraction of sp³-hybridized carbons (Fsp3) is 0.333. The lowest BCUT2D eigenvalue weighted by Gasteiger charge is -2.32. The van der Waals surface area contributed by atoms with E-state index in [1.807, 2.05) is 12.2 Å². The third kappa shape index (κ3) is 2.25. The topological polar surface area (TPSA) is 12.0 Å². The predicted molar refractivity (Wildman–Crippen MR) is 69.4 cm³/mol. The van der Waals surface area contributed by atoms with Crippen LogP contribution in [0.2, 0.25) is 0 Å². The van der Waals surface area contributed by atoms with Gasteiger partial charge in [-0.25, -0.2) is 0 Å². The van der Waals surface area contributed by atoms with Gasteiger partial charge in [-0.2, -0.15) is 0 Å². The highest BCUT2D eigenvalue weighted by Gasteiger charge is 2.23. The predicted octanol–water partition coefficient (Wildman–Crippen LogP) is 3.39. The number of hydrogen-bond acceptors (Lipinski definition) is 1. The molecule has 1 heterocycles. The van der Waals surface area contributed by atoms with Gasteiger partial charge in [0.05, 0.1) is 0 Å². The van der Waals surface area contributed by atoms with Gasteiger partial charge in [-0.3, -0.25) is 0 Å². The smallest absolute Gasteiger partial charge is 0.0360 e. The Morgan fingerprint density at radius 1 is 1.19 bits per heavy atom. The molecule has 2 atom stereocenters. The molecule has 0 aliphatic carbocycles. The highest BCUT2D eigenvalue weighted by atomic mass is 15.0. The van der Waals surface area contributed by atoms with E-state index in [-0.39, 0.29) is 0 Å². The van der Waals surface area contributed by atoms with Gasteiger partial charge >= 0.3 is 0 Å². The SMILES string of the molecule is C=CC[C@H]1Cc2ccccc2[C@@H](CC=C)N1. The normalized spacial score (nSPS) is 23.5. The van der Waals surface area contributed by atoms with Gasteiger partial charge < -0.3 is 5.32 Å². The third-order valence-corrected chi connectivity index (χ3v) is 3.19. The van der Waals surface area contributed by atoms with Crippen LogP contribution in [0.1, 0.15) is 30.0 Å². The van der Waals surface area contributed by atoms with Crippen molar-refractivity contribution in [1.82, 2.24) is 5.32 Å². The van der Waals surface area contributed by atoms with Gasteiger partial charge in [0, 0.05) is 12.1 Å². The molecule has 0 aromatic heterocycles. The van der Waals surface area contributed by atoms with E-state index in [4.69, 9.17) is 0 Å². The van der Waals surface area contributed by atoms with E-state index in [0.29, 0.717) is 12.1 Å². The van der Waals surface area contributed by atoms with E-state index in [1.165, 1.54) is 11.1 Å². The summed E-state index contributed by atoms with van der Waals surface area (Å²) in [4.78, 5) is 0. The van der Waals surface area contributed by atoms with E-state index in [0.717, 1.165) is 19.3 Å². The Hall–Kier alpha value is -1.34. The molecule has 1 heteroatoms. The van der Waals surface area contributed by atoms with Gasteiger partial charge in [0.1, 0.15) is 0 Å². The number of hydrogen-bond donors (Lipinski definition) is 1. The maximum atomic E-state index is 3.84. The zero-order chi connectivity index (χ0) is 11.4. The first-order valence-electron chi connectivity index (χ1n) is 5.90. The van der Waals surface area contributed by atoms with Crippen LogP contribution >= 0.6 is 0 Å². The average molecular weight is 213 g/mol. The van der Waals surface area contributed by atoms with Crippen molar-refractivity contribution in [1.29, 1.82) is 0 Å². The zero-order valence-corrected chi connectivity index (χ0v) is 9.65. The molecule has 0 amide bonds. The first kappa shape index (κ1) is 11.2. The van der Waals surface area contributed by atoms with Gasteiger partial charge in [0.25, 0.3) is 0 Å². The van der Waals surface area contributed by atoms with E-state index in [1.54, 1.807) is 0 Å². The Balaban J connectivity index is 2.25. The number of rotatable bonds is 4. The average Bonchev–Trinajstić information content (AvgIpc) is 2.30. The quantitative estimate of drug-likeness (QED) is 0.756. The van der Waals surface area contributed by atoms with Gasteiger partial charge in [-0.15, -0.1) is 13.2 Å². The van der Waals surface area contributed by atoms with E-state index in [2.05, 4.69) is 42.7 Å². The van der Waals surface area contributed by atoms with Crippen molar-refractivity contribution in [3.8, 4) is 0 Å². The number of fused-ring (bicyclic) bond motifs is 1. The lowest BCUT2D eigenvalue weighted by atomic mass is 9.88. The van der Waals surface area contributed by atoms with E-state index < -0.39 is 0 Å². The Morgan fingerprint density at radius 2 is 1.94 bits per heavy atom. The summed E-state index contributed by atoms with van der Waals surface area (Å²) >= 11 is 0. The van der Waals surface area contributed by atoms with Crippen molar-refractivity contribution in [2.24, 2.45) is 0 Å². The summed E-state index contributed by atoms with van der Waals surface area (Å²) in [6.07, 6.45) is 7.11. The molecule has 2 rings (SSSR count). The first-order chi connectivity index (χ1) is 7.85. The van der Waals surface area contributed by atoms with Crippen LogP contribution in [0.5, 0.6) is 0 Å². The first-order valence-corrected chi connectivity index (χ1v) is 5.90. The minimum atomic E-state index is 0.424. The third-order valence-electron chi connectivity index (χ3n) is 3.19. The lowest BCUT2D eigenvalue weighted by molar-refractivity contribution is 0.406. The summed E-state index contributed by atoms with van der Waals surface area (Å²) in [7, 11) is 0. The van der Waals surface area contributed by atoms with Gasteiger partial charge in [0.2, 0.25) is 0 Å². The number of nitrogens with one attached hydrogen (secondary N) is 1. The van der Waals surface area contributed by atoms with Crippen molar-refractivity contribution in [2.45, 2.75) is 31.3 Å². The van der Waals surface area contributed by atoms with Crippen LogP contribution in [0, 0.1) is 0 Å². The Bertz CT molecular complexity index is 381. The fourth-order valence-corrected chi connectivity index (χ4v) is 2.47. The van der Waals surface area contributed by atoms with Crippen LogP contribution in [0.15, 0.2) is 49.6 Å². The summed E-state index contributed by atoms with van der Waals surface area (Å²) < 4.78 is 0. The Morgan fingerprint density at radius 3 is 2.69 bits per heavy atom. The molecule has 0 radical (unpaired) electrons. The molecule has 84 valence electrons. The molecule has 1 N–H and O–H groups in total. The van der Waals surface area contributed by atoms with E-state index >= 15 is 0 Å². The molecule has 0 saturated carbocycles. The van der Waals surface area contributed by atoms with Crippen molar-refractivity contribution in [3.05, 3.63) is 60.7 Å². The standard InChI is InChI=1S/C15H19N/c1-3-7-13-11-12-9-5-6-10-14(12)15(16-13)8-4-2/h3-6,9-10,13,15-16H,1-2,7-8,11H2/t13-,15+/m0/s1. The summed E-state index contributed by atoms with van der Waals surface area (Å²) in [5.74, 6) is 0. The Kier molecular flexibility index (Phi) is 3.58. The molecule has 0 fully saturated rings. The van der Waals surface area contributed by atoms with Crippen LogP contribution in [0.25, 0.3) is 0 Å². The molecule has 1 aromatic carbocycles. The van der Waals surface area contributed by atoms with Crippen LogP contribution in [0.3, 0.4) is 0 Å². The van der Waals surface area contributed by atoms with Crippen molar-refractivity contribution in [2.75, 3.05) is 0 Å². The maximum absolute atomic E-state index is 3.84. The molecular weight excluding hydrogens is 194 g/mol. The molecule has 0 unspecified atom stereocenters. The Labute approximate surface area is 97.9 Å². The molecule has 0 bridgehead atoms. The van der Waals surface area contributed by atoms with Crippen LogP contribution in [-0.2, 0) is 6.42 Å². The van der Waals surface area contributed by atoms with Crippen molar-refractivity contribution < 1.29 is 0 Å². The second kappa shape index (κ2) is 5.13. The molecule has 16 heavy (non-hydrogen) atoms. The van der Waals surface area contributed by atoms with Gasteiger partial charge in [-0.05, 0) is 30.4 Å². The minimum absolute atomic E-state index is 0.424. The summed E-state index contributed by atoms with van der Waals surface area (Å²) in [5.41, 5.74) is 2.91. The minimum Gasteiger partial charge on any atom is -0.306 e. The van der Waals surface area contributed by atoms with Gasteiger partial charge in [0.15, 0.2) is 0 Å². The molecular formula is C15H19N. The molecule has 1 nitrogen and oxygen atoms in total. The molecule has 1 aromatic rings. The second-order valence-electron chi connectivity index (χ2n) is 4.37. The second-order valence-corrected chi connectivity index (χ2v) is 4.37. The highest BCUT2D eigenvalue weighted by Crippen LogP contribution is 2.28. The molecule has 1 aliphatic rings. The molecule has 0 saturated heterocycles. The maximum Gasteiger partial charge on any atom is 0.0360 e. The largest absolute Gasteiger partial charge is 0.306 e. The van der Waals surface area contributed by atoms with E-state index in [9.17, 15) is 0 Å². The van der Waals surface area contributed by atoms with Crippen LogP contribution < -0.4 is 5.32 Å². The monoisotopic (exact) mass is 213 g/mol. The summed E-state index contributed by atoms with van der Waals surface area (Å²) in [5, 5.41) is 3.67. The van der Waals surface area contributed by atoms with Crippen molar-refractivity contribution in [3.63, 3.8) is 0 Å². The number of benzene rings is 1.